The highest BCUT2D eigenvalue weighted by atomic mass is 16.1. The maximum atomic E-state index is 12.0. The molecule has 6 nitrogen and oxygen atoms in total. The zero-order valence-corrected chi connectivity index (χ0v) is 12.5. The molecule has 0 aliphatic heterocycles. The maximum Gasteiger partial charge on any atom is 0.224 e. The Morgan fingerprint density at radius 2 is 2.27 bits per heavy atom. The maximum absolute atomic E-state index is 12.0. The summed E-state index contributed by atoms with van der Waals surface area (Å²) in [6, 6.07) is 5.84. The number of benzene rings is 1. The molecule has 0 unspecified atom stereocenters. The van der Waals surface area contributed by atoms with Gasteiger partial charge in [-0.3, -0.25) is 4.79 Å². The monoisotopic (exact) mass is 297 g/mol. The van der Waals surface area contributed by atoms with E-state index in [0.29, 0.717) is 13.0 Å². The minimum absolute atomic E-state index is 0.0428. The second-order valence-electron chi connectivity index (χ2n) is 5.30. The Kier molecular flexibility index (Phi) is 4.18. The lowest BCUT2D eigenvalue weighted by atomic mass is 10.1. The molecular formula is C16H19N5O. The van der Waals surface area contributed by atoms with E-state index in [1.54, 1.807) is 12.5 Å². The molecule has 0 saturated heterocycles. The molecule has 0 atom stereocenters. The lowest BCUT2D eigenvalue weighted by molar-refractivity contribution is -0.120. The van der Waals surface area contributed by atoms with Gasteiger partial charge in [0.05, 0.1) is 23.8 Å². The molecule has 2 heterocycles. The molecule has 0 saturated carbocycles. The minimum Gasteiger partial charge on any atom is -0.356 e. The van der Waals surface area contributed by atoms with Crippen LogP contribution in [0.4, 0.5) is 0 Å². The molecule has 6 heteroatoms. The summed E-state index contributed by atoms with van der Waals surface area (Å²) in [5.41, 5.74) is 2.86. The van der Waals surface area contributed by atoms with Gasteiger partial charge in [-0.05, 0) is 31.0 Å². The van der Waals surface area contributed by atoms with E-state index in [9.17, 15) is 4.79 Å². The first-order chi connectivity index (χ1) is 10.7. The van der Waals surface area contributed by atoms with Crippen LogP contribution in [-0.2, 0) is 17.8 Å². The van der Waals surface area contributed by atoms with Crippen molar-refractivity contribution in [3.8, 4) is 0 Å². The number of carbonyl (C=O) groups is 1. The van der Waals surface area contributed by atoms with Crippen molar-refractivity contribution in [1.29, 1.82) is 0 Å². The number of hydrogen-bond acceptors (Lipinski definition) is 3. The third kappa shape index (κ3) is 3.33. The Bertz CT molecular complexity index is 774. The highest BCUT2D eigenvalue weighted by Gasteiger charge is 2.05. The van der Waals surface area contributed by atoms with Crippen molar-refractivity contribution in [2.24, 2.45) is 0 Å². The van der Waals surface area contributed by atoms with Crippen LogP contribution in [0.2, 0.25) is 0 Å². The lowest BCUT2D eigenvalue weighted by Gasteiger charge is -2.07. The molecule has 0 radical (unpaired) electrons. The molecule has 0 bridgehead atoms. The van der Waals surface area contributed by atoms with Crippen molar-refractivity contribution in [2.45, 2.75) is 26.3 Å². The predicted molar refractivity (Wildman–Crippen MR) is 84.4 cm³/mol. The number of nitrogens with zero attached hydrogens (tertiary/aromatic N) is 3. The fourth-order valence-corrected chi connectivity index (χ4v) is 2.46. The topological polar surface area (TPSA) is 75.6 Å². The van der Waals surface area contributed by atoms with E-state index >= 15 is 0 Å². The van der Waals surface area contributed by atoms with Gasteiger partial charge >= 0.3 is 0 Å². The number of hydrogen-bond donors (Lipinski definition) is 2. The first kappa shape index (κ1) is 14.3. The molecule has 2 aromatic heterocycles. The van der Waals surface area contributed by atoms with Crippen molar-refractivity contribution in [3.63, 3.8) is 0 Å². The van der Waals surface area contributed by atoms with Crippen LogP contribution in [0.3, 0.4) is 0 Å². The summed E-state index contributed by atoms with van der Waals surface area (Å²) in [6.45, 7) is 3.51. The van der Waals surface area contributed by atoms with Gasteiger partial charge < -0.3 is 14.9 Å². The highest BCUT2D eigenvalue weighted by molar-refractivity contribution is 5.81. The predicted octanol–water partition coefficient (Wildman–Crippen LogP) is 1.82. The fourth-order valence-electron chi connectivity index (χ4n) is 2.46. The molecule has 0 spiro atoms. The van der Waals surface area contributed by atoms with Crippen molar-refractivity contribution in [1.82, 2.24) is 24.8 Å². The van der Waals surface area contributed by atoms with Crippen LogP contribution in [0.5, 0.6) is 0 Å². The fraction of sp³-hybridized carbons (Fsp3) is 0.312. The molecule has 0 aliphatic carbocycles. The largest absolute Gasteiger partial charge is 0.356 e. The second kappa shape index (κ2) is 6.43. The smallest absolute Gasteiger partial charge is 0.224 e. The van der Waals surface area contributed by atoms with Crippen LogP contribution in [-0.4, -0.2) is 32.0 Å². The van der Waals surface area contributed by atoms with Crippen LogP contribution >= 0.6 is 0 Å². The summed E-state index contributed by atoms with van der Waals surface area (Å²) >= 11 is 0. The number of rotatable bonds is 6. The Hall–Kier alpha value is -2.63. The van der Waals surface area contributed by atoms with E-state index in [2.05, 4.69) is 24.8 Å². The Balaban J connectivity index is 1.45. The van der Waals surface area contributed by atoms with Crippen molar-refractivity contribution < 1.29 is 4.79 Å². The van der Waals surface area contributed by atoms with Gasteiger partial charge in [0, 0.05) is 25.5 Å². The van der Waals surface area contributed by atoms with Crippen LogP contribution in [0.25, 0.3) is 11.0 Å². The summed E-state index contributed by atoms with van der Waals surface area (Å²) in [6.07, 6.45) is 6.69. The van der Waals surface area contributed by atoms with E-state index < -0.39 is 0 Å². The zero-order valence-electron chi connectivity index (χ0n) is 12.5. The zero-order chi connectivity index (χ0) is 15.4. The number of aromatic nitrogens is 4. The molecular weight excluding hydrogens is 278 g/mol. The third-order valence-corrected chi connectivity index (χ3v) is 3.67. The third-order valence-electron chi connectivity index (χ3n) is 3.67. The number of H-pyrrole nitrogens is 1. The number of imidazole rings is 2. The molecule has 3 rings (SSSR count). The first-order valence-electron chi connectivity index (χ1n) is 7.39. The standard InChI is InChI=1S/C16H19N5O/c1-12-17-6-8-21(12)7-2-5-18-16(22)10-13-3-4-14-15(9-13)20-11-19-14/h3-4,6,8-9,11H,2,5,7,10H2,1H3,(H,18,22)(H,19,20). The summed E-state index contributed by atoms with van der Waals surface area (Å²) < 4.78 is 2.08. The molecule has 0 aliphatic rings. The van der Waals surface area contributed by atoms with Crippen molar-refractivity contribution in [2.75, 3.05) is 6.54 Å². The SMILES string of the molecule is Cc1nccn1CCCNC(=O)Cc1ccc2nc[nH]c2c1. The van der Waals surface area contributed by atoms with E-state index in [1.807, 2.05) is 31.3 Å². The quantitative estimate of drug-likeness (QED) is 0.681. The number of amides is 1. The van der Waals surface area contributed by atoms with E-state index in [4.69, 9.17) is 0 Å². The van der Waals surface area contributed by atoms with Gasteiger partial charge in [0.25, 0.3) is 0 Å². The summed E-state index contributed by atoms with van der Waals surface area (Å²) in [5, 5.41) is 2.96. The van der Waals surface area contributed by atoms with Crippen LogP contribution in [0.1, 0.15) is 17.8 Å². The van der Waals surface area contributed by atoms with Crippen LogP contribution in [0.15, 0.2) is 36.9 Å². The van der Waals surface area contributed by atoms with Crippen molar-refractivity contribution >= 4 is 16.9 Å². The van der Waals surface area contributed by atoms with Crippen molar-refractivity contribution in [3.05, 3.63) is 48.3 Å². The first-order valence-corrected chi connectivity index (χ1v) is 7.39. The molecule has 1 aromatic carbocycles. The number of nitrogens with one attached hydrogen (secondary N) is 2. The van der Waals surface area contributed by atoms with Gasteiger partial charge in [0.1, 0.15) is 5.82 Å². The summed E-state index contributed by atoms with van der Waals surface area (Å²) in [4.78, 5) is 23.4. The van der Waals surface area contributed by atoms with E-state index in [1.165, 1.54) is 0 Å². The lowest BCUT2D eigenvalue weighted by Crippen LogP contribution is -2.26. The molecule has 114 valence electrons. The molecule has 1 amide bonds. The van der Waals surface area contributed by atoms with Gasteiger partial charge in [-0.25, -0.2) is 9.97 Å². The highest BCUT2D eigenvalue weighted by Crippen LogP contribution is 2.11. The van der Waals surface area contributed by atoms with Gasteiger partial charge in [-0.1, -0.05) is 6.07 Å². The normalized spacial score (nSPS) is 11.0. The van der Waals surface area contributed by atoms with E-state index in [0.717, 1.165) is 35.4 Å². The number of aryl methyl sites for hydroxylation is 2. The molecule has 0 fully saturated rings. The number of fused-ring (bicyclic) bond motifs is 1. The molecule has 2 N–H and O–H groups in total. The Labute approximate surface area is 128 Å². The Morgan fingerprint density at radius 1 is 1.36 bits per heavy atom. The van der Waals surface area contributed by atoms with E-state index in [-0.39, 0.29) is 5.91 Å². The average molecular weight is 297 g/mol. The van der Waals surface area contributed by atoms with Gasteiger partial charge in [-0.2, -0.15) is 0 Å². The summed E-state index contributed by atoms with van der Waals surface area (Å²) in [5.74, 6) is 1.04. The van der Waals surface area contributed by atoms with Crippen LogP contribution in [0, 0.1) is 6.92 Å². The second-order valence-corrected chi connectivity index (χ2v) is 5.30. The number of carbonyl (C=O) groups excluding carboxylic acids is 1. The van der Waals surface area contributed by atoms with Gasteiger partial charge in [0.2, 0.25) is 5.91 Å². The molecule has 3 aromatic rings. The molecule has 22 heavy (non-hydrogen) atoms. The summed E-state index contributed by atoms with van der Waals surface area (Å²) in [7, 11) is 0. The van der Waals surface area contributed by atoms with Crippen LogP contribution < -0.4 is 5.32 Å². The number of aromatic amines is 1. The minimum atomic E-state index is 0.0428. The Morgan fingerprint density at radius 3 is 3.09 bits per heavy atom. The van der Waals surface area contributed by atoms with Gasteiger partial charge in [-0.15, -0.1) is 0 Å². The average Bonchev–Trinajstić information content (AvgIpc) is 3.12. The van der Waals surface area contributed by atoms with Gasteiger partial charge in [0.15, 0.2) is 0 Å².